The van der Waals surface area contributed by atoms with Gasteiger partial charge in [-0.3, -0.25) is 4.79 Å². The minimum absolute atomic E-state index is 0.173. The van der Waals surface area contributed by atoms with Crippen LogP contribution in [0.25, 0.3) is 0 Å². The molecule has 0 aliphatic heterocycles. The van der Waals surface area contributed by atoms with Gasteiger partial charge in [0.05, 0.1) is 6.42 Å². The summed E-state index contributed by atoms with van der Waals surface area (Å²) in [6, 6.07) is 9.99. The van der Waals surface area contributed by atoms with Gasteiger partial charge in [-0.15, -0.1) is 0 Å². The van der Waals surface area contributed by atoms with Crippen LogP contribution < -0.4 is 0 Å². The molecule has 0 aliphatic rings. The van der Waals surface area contributed by atoms with Crippen LogP contribution >= 0.6 is 0 Å². The molecular weight excluding hydrogens is 176 g/mol. The highest BCUT2D eigenvalue weighted by Gasteiger charge is 2.21. The molecule has 1 N–H and O–H groups in total. The molecule has 0 aliphatic carbocycles. The van der Waals surface area contributed by atoms with Crippen molar-refractivity contribution in [2.45, 2.75) is 26.7 Å². The van der Waals surface area contributed by atoms with Crippen LogP contribution in [0.15, 0.2) is 30.3 Å². The first-order valence-corrected chi connectivity index (χ1v) is 4.75. The number of rotatable bonds is 4. The van der Waals surface area contributed by atoms with E-state index >= 15 is 0 Å². The molecule has 14 heavy (non-hydrogen) atoms. The number of hydrogen-bond donors (Lipinski definition) is 1. The zero-order valence-electron chi connectivity index (χ0n) is 8.66. The van der Waals surface area contributed by atoms with Gasteiger partial charge in [0, 0.05) is 0 Å². The summed E-state index contributed by atoms with van der Waals surface area (Å²) in [6.07, 6.45) is 1.02. The SMILES string of the molecule is CC(C)(CC(=O)O)Cc1ccccc1. The van der Waals surface area contributed by atoms with E-state index in [-0.39, 0.29) is 11.8 Å². The van der Waals surface area contributed by atoms with Crippen molar-refractivity contribution in [1.29, 1.82) is 0 Å². The first-order chi connectivity index (χ1) is 6.49. The summed E-state index contributed by atoms with van der Waals surface area (Å²) in [5.41, 5.74) is 1.02. The van der Waals surface area contributed by atoms with Gasteiger partial charge in [-0.25, -0.2) is 0 Å². The van der Waals surface area contributed by atoms with Crippen LogP contribution in [0.3, 0.4) is 0 Å². The molecule has 2 heteroatoms. The lowest BCUT2D eigenvalue weighted by molar-refractivity contribution is -0.139. The van der Waals surface area contributed by atoms with E-state index in [0.29, 0.717) is 0 Å². The van der Waals surface area contributed by atoms with E-state index in [1.54, 1.807) is 0 Å². The molecule has 0 bridgehead atoms. The van der Waals surface area contributed by atoms with Gasteiger partial charge in [0.15, 0.2) is 0 Å². The van der Waals surface area contributed by atoms with Gasteiger partial charge in [-0.2, -0.15) is 0 Å². The van der Waals surface area contributed by atoms with Crippen molar-refractivity contribution >= 4 is 5.97 Å². The molecule has 1 rings (SSSR count). The van der Waals surface area contributed by atoms with E-state index in [1.807, 2.05) is 44.2 Å². The molecule has 0 fully saturated rings. The molecule has 0 amide bonds. The van der Waals surface area contributed by atoms with Crippen LogP contribution in [0.4, 0.5) is 0 Å². The van der Waals surface area contributed by atoms with Crippen LogP contribution in [0.1, 0.15) is 25.8 Å². The van der Waals surface area contributed by atoms with Gasteiger partial charge >= 0.3 is 5.97 Å². The van der Waals surface area contributed by atoms with Crippen LogP contribution in [0, 0.1) is 5.41 Å². The second-order valence-corrected chi connectivity index (χ2v) is 4.40. The number of benzene rings is 1. The maximum absolute atomic E-state index is 10.6. The Hall–Kier alpha value is -1.31. The lowest BCUT2D eigenvalue weighted by Gasteiger charge is -2.22. The largest absolute Gasteiger partial charge is 0.481 e. The summed E-state index contributed by atoms with van der Waals surface area (Å²) in [6.45, 7) is 3.96. The van der Waals surface area contributed by atoms with Crippen LogP contribution in [-0.2, 0) is 11.2 Å². The maximum Gasteiger partial charge on any atom is 0.303 e. The van der Waals surface area contributed by atoms with Gasteiger partial charge in [-0.05, 0) is 17.4 Å². The van der Waals surface area contributed by atoms with E-state index in [9.17, 15) is 4.79 Å². The quantitative estimate of drug-likeness (QED) is 0.796. The fourth-order valence-electron chi connectivity index (χ4n) is 1.62. The molecule has 1 aromatic rings. The molecule has 76 valence electrons. The summed E-state index contributed by atoms with van der Waals surface area (Å²) >= 11 is 0. The fourth-order valence-corrected chi connectivity index (χ4v) is 1.62. The highest BCUT2D eigenvalue weighted by atomic mass is 16.4. The maximum atomic E-state index is 10.6. The van der Waals surface area contributed by atoms with Gasteiger partial charge in [-0.1, -0.05) is 44.2 Å². The minimum atomic E-state index is -0.731. The molecule has 0 heterocycles. The van der Waals surface area contributed by atoms with E-state index in [2.05, 4.69) is 0 Å². The fraction of sp³-hybridized carbons (Fsp3) is 0.417. The number of carboxylic acid groups (broad SMARTS) is 1. The topological polar surface area (TPSA) is 37.3 Å². The third-order valence-corrected chi connectivity index (χ3v) is 2.16. The van der Waals surface area contributed by atoms with Crippen molar-refractivity contribution in [3.8, 4) is 0 Å². The summed E-state index contributed by atoms with van der Waals surface area (Å²) in [5.74, 6) is -0.731. The molecule has 0 aromatic heterocycles. The Bertz CT molecular complexity index is 301. The van der Waals surface area contributed by atoms with Crippen molar-refractivity contribution in [2.75, 3.05) is 0 Å². The lowest BCUT2D eigenvalue weighted by Crippen LogP contribution is -2.19. The lowest BCUT2D eigenvalue weighted by atomic mass is 9.83. The van der Waals surface area contributed by atoms with Gasteiger partial charge in [0.2, 0.25) is 0 Å². The number of carboxylic acids is 1. The average molecular weight is 192 g/mol. The number of hydrogen-bond acceptors (Lipinski definition) is 1. The second-order valence-electron chi connectivity index (χ2n) is 4.40. The van der Waals surface area contributed by atoms with E-state index in [4.69, 9.17) is 5.11 Å². The second kappa shape index (κ2) is 4.27. The Balaban J connectivity index is 2.63. The molecule has 2 nitrogen and oxygen atoms in total. The first-order valence-electron chi connectivity index (χ1n) is 4.75. The van der Waals surface area contributed by atoms with E-state index in [0.717, 1.165) is 6.42 Å². The summed E-state index contributed by atoms with van der Waals surface area (Å²) < 4.78 is 0. The van der Waals surface area contributed by atoms with Gasteiger partial charge in [0.25, 0.3) is 0 Å². The average Bonchev–Trinajstić information content (AvgIpc) is 2.02. The Morgan fingerprint density at radius 3 is 2.36 bits per heavy atom. The Labute approximate surface area is 84.6 Å². The molecule has 0 unspecified atom stereocenters. The Morgan fingerprint density at radius 1 is 1.29 bits per heavy atom. The van der Waals surface area contributed by atoms with Crippen LogP contribution in [0.5, 0.6) is 0 Å². The standard InChI is InChI=1S/C12H16O2/c1-12(2,9-11(13)14)8-10-6-4-3-5-7-10/h3-7H,8-9H2,1-2H3,(H,13,14). The third kappa shape index (κ3) is 3.60. The Morgan fingerprint density at radius 2 is 1.86 bits per heavy atom. The van der Waals surface area contributed by atoms with Crippen molar-refractivity contribution in [3.05, 3.63) is 35.9 Å². The minimum Gasteiger partial charge on any atom is -0.481 e. The molecular formula is C12H16O2. The van der Waals surface area contributed by atoms with Crippen molar-refractivity contribution in [1.82, 2.24) is 0 Å². The summed E-state index contributed by atoms with van der Waals surface area (Å²) in [4.78, 5) is 10.6. The van der Waals surface area contributed by atoms with Crippen molar-refractivity contribution in [2.24, 2.45) is 5.41 Å². The zero-order chi connectivity index (χ0) is 10.6. The van der Waals surface area contributed by atoms with Crippen LogP contribution in [-0.4, -0.2) is 11.1 Å². The highest BCUT2D eigenvalue weighted by molar-refractivity contribution is 5.67. The smallest absolute Gasteiger partial charge is 0.303 e. The predicted octanol–water partition coefficient (Wildman–Crippen LogP) is 2.73. The predicted molar refractivity (Wildman–Crippen MR) is 56.2 cm³/mol. The molecule has 0 radical (unpaired) electrons. The van der Waals surface area contributed by atoms with Crippen molar-refractivity contribution < 1.29 is 9.90 Å². The summed E-state index contributed by atoms with van der Waals surface area (Å²) in [7, 11) is 0. The monoisotopic (exact) mass is 192 g/mol. The number of carbonyl (C=O) groups is 1. The van der Waals surface area contributed by atoms with Crippen LogP contribution in [0.2, 0.25) is 0 Å². The molecule has 0 spiro atoms. The first kappa shape index (κ1) is 10.8. The molecule has 1 aromatic carbocycles. The zero-order valence-corrected chi connectivity index (χ0v) is 8.66. The molecule has 0 saturated carbocycles. The summed E-state index contributed by atoms with van der Waals surface area (Å²) in [5, 5.41) is 8.73. The third-order valence-electron chi connectivity index (χ3n) is 2.16. The van der Waals surface area contributed by atoms with Crippen molar-refractivity contribution in [3.63, 3.8) is 0 Å². The Kier molecular flexibility index (Phi) is 3.28. The van der Waals surface area contributed by atoms with Gasteiger partial charge < -0.3 is 5.11 Å². The van der Waals surface area contributed by atoms with E-state index < -0.39 is 5.97 Å². The highest BCUT2D eigenvalue weighted by Crippen LogP contribution is 2.25. The number of aliphatic carboxylic acids is 1. The van der Waals surface area contributed by atoms with E-state index in [1.165, 1.54) is 5.56 Å². The van der Waals surface area contributed by atoms with Gasteiger partial charge in [0.1, 0.15) is 0 Å². The molecule has 0 atom stereocenters. The normalized spacial score (nSPS) is 11.3. The molecule has 0 saturated heterocycles.